The van der Waals surface area contributed by atoms with Crippen molar-refractivity contribution in [3.63, 3.8) is 0 Å². The third-order valence-corrected chi connectivity index (χ3v) is 5.99. The van der Waals surface area contributed by atoms with E-state index in [9.17, 15) is 9.59 Å². The molecule has 26 heavy (non-hydrogen) atoms. The highest BCUT2D eigenvalue weighted by atomic mass is 16.2. The number of carbonyl (C=O) groups is 2. The van der Waals surface area contributed by atoms with Gasteiger partial charge in [0.15, 0.2) is 0 Å². The zero-order chi connectivity index (χ0) is 18.1. The van der Waals surface area contributed by atoms with Crippen LogP contribution in [0.5, 0.6) is 0 Å². The van der Waals surface area contributed by atoms with Crippen LogP contribution < -0.4 is 5.32 Å². The van der Waals surface area contributed by atoms with Gasteiger partial charge in [-0.1, -0.05) is 0 Å². The Morgan fingerprint density at radius 2 is 2.04 bits per heavy atom. The molecule has 2 amide bonds. The Labute approximate surface area is 154 Å². The molecule has 1 atom stereocenters. The zero-order valence-electron chi connectivity index (χ0n) is 15.4. The fraction of sp³-hybridized carbons (Fsp3) is 0.684. The van der Waals surface area contributed by atoms with Crippen LogP contribution in [-0.4, -0.2) is 64.8 Å². The van der Waals surface area contributed by atoms with Crippen LogP contribution in [0, 0.1) is 11.3 Å². The predicted octanol–water partition coefficient (Wildman–Crippen LogP) is 1.77. The number of likely N-dealkylation sites (tertiary alicyclic amines) is 2. The molecule has 1 N–H and O–H groups in total. The Balaban J connectivity index is 1.45. The van der Waals surface area contributed by atoms with Crippen LogP contribution in [0.3, 0.4) is 0 Å². The number of nitrogens with one attached hydrogen (secondary N) is 1. The van der Waals surface area contributed by atoms with E-state index in [1.54, 1.807) is 19.4 Å². The minimum atomic E-state index is -0.00243. The van der Waals surface area contributed by atoms with Crippen molar-refractivity contribution in [2.24, 2.45) is 11.3 Å². The zero-order valence-corrected chi connectivity index (χ0v) is 15.4. The molecular formula is C19H27N5O2. The normalized spacial score (nSPS) is 26.3. The van der Waals surface area contributed by atoms with E-state index in [0.717, 1.165) is 45.4 Å². The maximum atomic E-state index is 12.9. The van der Waals surface area contributed by atoms with Gasteiger partial charge in [0.2, 0.25) is 11.9 Å². The third kappa shape index (κ3) is 3.52. The number of carbonyl (C=O) groups excluding carboxylic acids is 2. The Hall–Kier alpha value is -2.18. The van der Waals surface area contributed by atoms with E-state index in [2.05, 4.69) is 20.2 Å². The summed E-state index contributed by atoms with van der Waals surface area (Å²) in [4.78, 5) is 37.5. The van der Waals surface area contributed by atoms with Crippen LogP contribution in [0.2, 0.25) is 0 Å². The molecule has 7 nitrogen and oxygen atoms in total. The lowest BCUT2D eigenvalue weighted by Crippen LogP contribution is -2.55. The average Bonchev–Trinajstić information content (AvgIpc) is 3.49. The molecule has 7 heteroatoms. The summed E-state index contributed by atoms with van der Waals surface area (Å²) >= 11 is 0. The SMILES string of the molecule is CNc1ncc(C(=O)N2CCC[C@]3(CCC(=O)N(CC4CC4)C3)C2)cn1. The maximum Gasteiger partial charge on any atom is 0.257 e. The van der Waals surface area contributed by atoms with Gasteiger partial charge in [0.05, 0.1) is 5.56 Å². The number of anilines is 1. The first-order valence-corrected chi connectivity index (χ1v) is 9.65. The maximum absolute atomic E-state index is 12.9. The highest BCUT2D eigenvalue weighted by molar-refractivity contribution is 5.93. The van der Waals surface area contributed by atoms with Gasteiger partial charge in [-0.2, -0.15) is 0 Å². The quantitative estimate of drug-likeness (QED) is 0.889. The van der Waals surface area contributed by atoms with Crippen LogP contribution >= 0.6 is 0 Å². The van der Waals surface area contributed by atoms with Crippen molar-refractivity contribution in [2.45, 2.75) is 38.5 Å². The molecular weight excluding hydrogens is 330 g/mol. The smallest absolute Gasteiger partial charge is 0.257 e. The topological polar surface area (TPSA) is 78.4 Å². The highest BCUT2D eigenvalue weighted by Gasteiger charge is 2.43. The molecule has 1 aliphatic carbocycles. The standard InChI is InChI=1S/C19H27N5O2/c1-20-18-21-9-15(10-22-18)17(26)23-8-2-6-19(12-23)7-5-16(25)24(13-19)11-14-3-4-14/h9-10,14H,2-8,11-13H2,1H3,(H,20,21,22)/t19-/m0/s1. The van der Waals surface area contributed by atoms with Gasteiger partial charge in [-0.05, 0) is 38.0 Å². The molecule has 0 bridgehead atoms. The van der Waals surface area contributed by atoms with Gasteiger partial charge in [0.1, 0.15) is 0 Å². The van der Waals surface area contributed by atoms with Gasteiger partial charge in [-0.3, -0.25) is 9.59 Å². The average molecular weight is 357 g/mol. The number of piperidine rings is 2. The fourth-order valence-corrected chi connectivity index (χ4v) is 4.35. The van der Waals surface area contributed by atoms with Gasteiger partial charge in [-0.25, -0.2) is 9.97 Å². The summed E-state index contributed by atoms with van der Waals surface area (Å²) in [6.45, 7) is 3.22. The number of aromatic nitrogens is 2. The summed E-state index contributed by atoms with van der Waals surface area (Å²) in [5.74, 6) is 1.51. The molecule has 0 radical (unpaired) electrons. The Bertz CT molecular complexity index is 688. The summed E-state index contributed by atoms with van der Waals surface area (Å²) in [7, 11) is 1.75. The lowest BCUT2D eigenvalue weighted by atomic mass is 9.73. The lowest BCUT2D eigenvalue weighted by Gasteiger charge is -2.48. The molecule has 0 unspecified atom stereocenters. The van der Waals surface area contributed by atoms with E-state index >= 15 is 0 Å². The summed E-state index contributed by atoms with van der Waals surface area (Å²) < 4.78 is 0. The minimum absolute atomic E-state index is 0.00243. The van der Waals surface area contributed by atoms with Gasteiger partial charge in [0, 0.05) is 57.5 Å². The molecule has 4 rings (SSSR count). The first-order valence-electron chi connectivity index (χ1n) is 9.65. The second-order valence-corrected chi connectivity index (χ2v) is 8.09. The number of hydrogen-bond acceptors (Lipinski definition) is 5. The number of hydrogen-bond donors (Lipinski definition) is 1. The van der Waals surface area contributed by atoms with Crippen molar-refractivity contribution < 1.29 is 9.59 Å². The molecule has 3 fully saturated rings. The van der Waals surface area contributed by atoms with E-state index < -0.39 is 0 Å². The van der Waals surface area contributed by atoms with E-state index in [4.69, 9.17) is 0 Å². The molecule has 1 spiro atoms. The van der Waals surface area contributed by atoms with E-state index in [1.165, 1.54) is 12.8 Å². The predicted molar refractivity (Wildman–Crippen MR) is 97.7 cm³/mol. The van der Waals surface area contributed by atoms with Crippen LogP contribution in [0.25, 0.3) is 0 Å². The molecule has 1 saturated carbocycles. The van der Waals surface area contributed by atoms with Crippen molar-refractivity contribution in [3.05, 3.63) is 18.0 Å². The lowest BCUT2D eigenvalue weighted by molar-refractivity contribution is -0.139. The van der Waals surface area contributed by atoms with Gasteiger partial charge >= 0.3 is 0 Å². The van der Waals surface area contributed by atoms with E-state index in [1.807, 2.05) is 4.90 Å². The van der Waals surface area contributed by atoms with Crippen LogP contribution in [0.1, 0.15) is 48.9 Å². The molecule has 3 aliphatic rings. The van der Waals surface area contributed by atoms with Gasteiger partial charge < -0.3 is 15.1 Å². The third-order valence-electron chi connectivity index (χ3n) is 5.99. The van der Waals surface area contributed by atoms with Gasteiger partial charge in [0.25, 0.3) is 5.91 Å². The van der Waals surface area contributed by atoms with Crippen LogP contribution in [0.15, 0.2) is 12.4 Å². The molecule has 3 heterocycles. The Kier molecular flexibility index (Phi) is 4.54. The number of rotatable bonds is 4. The minimum Gasteiger partial charge on any atom is -0.357 e. The van der Waals surface area contributed by atoms with Crippen molar-refractivity contribution >= 4 is 17.8 Å². The summed E-state index contributed by atoms with van der Waals surface area (Å²) in [5, 5.41) is 2.86. The van der Waals surface area contributed by atoms with Gasteiger partial charge in [-0.15, -0.1) is 0 Å². The molecule has 1 aromatic heterocycles. The van der Waals surface area contributed by atoms with E-state index in [0.29, 0.717) is 29.8 Å². The molecule has 1 aromatic rings. The fourth-order valence-electron chi connectivity index (χ4n) is 4.35. The molecule has 140 valence electrons. The van der Waals surface area contributed by atoms with Crippen molar-refractivity contribution in [1.82, 2.24) is 19.8 Å². The summed E-state index contributed by atoms with van der Waals surface area (Å²) in [5.41, 5.74) is 0.588. The largest absolute Gasteiger partial charge is 0.357 e. The molecule has 0 aromatic carbocycles. The number of nitrogens with zero attached hydrogens (tertiary/aromatic N) is 4. The summed E-state index contributed by atoms with van der Waals surface area (Å²) in [6.07, 6.45) is 9.29. The van der Waals surface area contributed by atoms with E-state index in [-0.39, 0.29) is 11.3 Å². The molecule has 2 saturated heterocycles. The number of amides is 2. The van der Waals surface area contributed by atoms with Crippen LogP contribution in [0.4, 0.5) is 5.95 Å². The first-order chi connectivity index (χ1) is 12.6. The molecule has 2 aliphatic heterocycles. The second kappa shape index (κ2) is 6.85. The van der Waals surface area contributed by atoms with Crippen molar-refractivity contribution in [3.8, 4) is 0 Å². The first kappa shape index (κ1) is 17.2. The monoisotopic (exact) mass is 357 g/mol. The van der Waals surface area contributed by atoms with Crippen molar-refractivity contribution in [1.29, 1.82) is 0 Å². The van der Waals surface area contributed by atoms with Crippen molar-refractivity contribution in [2.75, 3.05) is 38.5 Å². The summed E-state index contributed by atoms with van der Waals surface area (Å²) in [6, 6.07) is 0. The van der Waals surface area contributed by atoms with Crippen LogP contribution in [-0.2, 0) is 4.79 Å². The Morgan fingerprint density at radius 1 is 1.27 bits per heavy atom. The highest BCUT2D eigenvalue weighted by Crippen LogP contribution is 2.40. The second-order valence-electron chi connectivity index (χ2n) is 8.09. The Morgan fingerprint density at radius 3 is 2.73 bits per heavy atom.